The van der Waals surface area contributed by atoms with Crippen LogP contribution in [0.3, 0.4) is 0 Å². The SMILES string of the molecule is O=C(CS[C@H]1O[C@@H](CO)[C@H](O)[C@@H](O)[C@@H]1O)Nc1ccc(F)cc1F. The molecule has 1 heterocycles. The minimum Gasteiger partial charge on any atom is -0.394 e. The molecule has 5 atom stereocenters. The third-order valence-corrected chi connectivity index (χ3v) is 4.58. The van der Waals surface area contributed by atoms with Crippen LogP contribution in [-0.4, -0.2) is 68.5 Å². The van der Waals surface area contributed by atoms with Crippen LogP contribution < -0.4 is 5.32 Å². The molecule has 5 N–H and O–H groups in total. The van der Waals surface area contributed by atoms with E-state index in [-0.39, 0.29) is 11.4 Å². The molecular formula is C14H17F2NO6S. The number of carbonyl (C=O) groups excluding carboxylic acids is 1. The molecule has 1 aliphatic rings. The van der Waals surface area contributed by atoms with Gasteiger partial charge < -0.3 is 30.5 Å². The van der Waals surface area contributed by atoms with Gasteiger partial charge in [0.2, 0.25) is 5.91 Å². The van der Waals surface area contributed by atoms with Gasteiger partial charge in [-0.05, 0) is 12.1 Å². The molecule has 24 heavy (non-hydrogen) atoms. The van der Waals surface area contributed by atoms with Gasteiger partial charge in [0.05, 0.1) is 18.0 Å². The number of rotatable bonds is 5. The van der Waals surface area contributed by atoms with Gasteiger partial charge in [-0.25, -0.2) is 8.78 Å². The first-order valence-electron chi connectivity index (χ1n) is 7.00. The molecule has 1 fully saturated rings. The lowest BCUT2D eigenvalue weighted by Gasteiger charge is -2.39. The predicted octanol–water partition coefficient (Wildman–Crippen LogP) is -0.564. The van der Waals surface area contributed by atoms with Crippen molar-refractivity contribution in [1.29, 1.82) is 0 Å². The maximum absolute atomic E-state index is 13.4. The highest BCUT2D eigenvalue weighted by atomic mass is 32.2. The summed E-state index contributed by atoms with van der Waals surface area (Å²) in [4.78, 5) is 11.8. The fourth-order valence-electron chi connectivity index (χ4n) is 2.14. The normalized spacial score (nSPS) is 30.2. The Balaban J connectivity index is 1.91. The average molecular weight is 365 g/mol. The van der Waals surface area contributed by atoms with E-state index < -0.39 is 54.0 Å². The minimum absolute atomic E-state index is 0.198. The third-order valence-electron chi connectivity index (χ3n) is 3.43. The summed E-state index contributed by atoms with van der Waals surface area (Å²) in [5, 5.41) is 40.4. The van der Waals surface area contributed by atoms with Gasteiger partial charge in [-0.1, -0.05) is 0 Å². The van der Waals surface area contributed by atoms with E-state index in [0.717, 1.165) is 23.9 Å². The first-order valence-corrected chi connectivity index (χ1v) is 8.05. The van der Waals surface area contributed by atoms with E-state index in [1.807, 2.05) is 0 Å². The van der Waals surface area contributed by atoms with E-state index >= 15 is 0 Å². The lowest BCUT2D eigenvalue weighted by molar-refractivity contribution is -0.205. The van der Waals surface area contributed by atoms with Crippen molar-refractivity contribution < 1.29 is 38.7 Å². The van der Waals surface area contributed by atoms with E-state index in [0.29, 0.717) is 6.07 Å². The number of halogens is 2. The van der Waals surface area contributed by atoms with Crippen LogP contribution in [-0.2, 0) is 9.53 Å². The average Bonchev–Trinajstić information content (AvgIpc) is 2.55. The van der Waals surface area contributed by atoms with Crippen LogP contribution in [0.1, 0.15) is 0 Å². The zero-order valence-electron chi connectivity index (χ0n) is 12.3. The van der Waals surface area contributed by atoms with Gasteiger partial charge >= 0.3 is 0 Å². The number of carbonyl (C=O) groups is 1. The van der Waals surface area contributed by atoms with Crippen molar-refractivity contribution in [1.82, 2.24) is 0 Å². The smallest absolute Gasteiger partial charge is 0.234 e. The van der Waals surface area contributed by atoms with Gasteiger partial charge in [-0.15, -0.1) is 11.8 Å². The second-order valence-electron chi connectivity index (χ2n) is 5.18. The molecule has 10 heteroatoms. The summed E-state index contributed by atoms with van der Waals surface area (Å²) < 4.78 is 31.5. The highest BCUT2D eigenvalue weighted by molar-refractivity contribution is 8.00. The number of hydrogen-bond donors (Lipinski definition) is 5. The van der Waals surface area contributed by atoms with Crippen LogP contribution >= 0.6 is 11.8 Å². The Kier molecular flexibility index (Phi) is 6.49. The monoisotopic (exact) mass is 365 g/mol. The van der Waals surface area contributed by atoms with Gasteiger partial charge in [0.1, 0.15) is 41.5 Å². The minimum atomic E-state index is -1.54. The van der Waals surface area contributed by atoms with Crippen LogP contribution in [0.4, 0.5) is 14.5 Å². The van der Waals surface area contributed by atoms with Crippen LogP contribution in [0, 0.1) is 11.6 Å². The second kappa shape index (κ2) is 8.19. The molecule has 2 rings (SSSR count). The molecule has 0 aromatic heterocycles. The zero-order valence-corrected chi connectivity index (χ0v) is 13.1. The fraction of sp³-hybridized carbons (Fsp3) is 0.500. The zero-order chi connectivity index (χ0) is 17.9. The highest BCUT2D eigenvalue weighted by Gasteiger charge is 2.43. The van der Waals surface area contributed by atoms with Crippen molar-refractivity contribution in [3.05, 3.63) is 29.8 Å². The van der Waals surface area contributed by atoms with E-state index in [2.05, 4.69) is 5.32 Å². The molecule has 0 bridgehead atoms. The number of nitrogens with one attached hydrogen (secondary N) is 1. The maximum atomic E-state index is 13.4. The predicted molar refractivity (Wildman–Crippen MR) is 81.2 cm³/mol. The van der Waals surface area contributed by atoms with Crippen molar-refractivity contribution >= 4 is 23.4 Å². The molecule has 1 aromatic carbocycles. The Morgan fingerprint density at radius 3 is 2.54 bits per heavy atom. The molecule has 1 aromatic rings. The number of aliphatic hydroxyl groups excluding tert-OH is 4. The first kappa shape index (κ1) is 19.0. The number of ether oxygens (including phenoxy) is 1. The number of thioether (sulfide) groups is 1. The number of aliphatic hydroxyl groups is 4. The molecule has 0 radical (unpaired) electrons. The van der Waals surface area contributed by atoms with Crippen molar-refractivity contribution in [3.8, 4) is 0 Å². The van der Waals surface area contributed by atoms with E-state index in [1.165, 1.54) is 0 Å². The maximum Gasteiger partial charge on any atom is 0.234 e. The van der Waals surface area contributed by atoms with Crippen LogP contribution in [0.5, 0.6) is 0 Å². The van der Waals surface area contributed by atoms with Crippen LogP contribution in [0.2, 0.25) is 0 Å². The number of hydrogen-bond acceptors (Lipinski definition) is 7. The Morgan fingerprint density at radius 1 is 1.21 bits per heavy atom. The molecular weight excluding hydrogens is 348 g/mol. The Bertz CT molecular complexity index is 590. The van der Waals surface area contributed by atoms with Gasteiger partial charge in [-0.3, -0.25) is 4.79 Å². The summed E-state index contributed by atoms with van der Waals surface area (Å²) in [5.74, 6) is -2.61. The summed E-state index contributed by atoms with van der Waals surface area (Å²) >= 11 is 0.804. The number of amides is 1. The van der Waals surface area contributed by atoms with Crippen molar-refractivity contribution in [2.45, 2.75) is 29.9 Å². The highest BCUT2D eigenvalue weighted by Crippen LogP contribution is 2.28. The van der Waals surface area contributed by atoms with Gasteiger partial charge in [0, 0.05) is 6.07 Å². The van der Waals surface area contributed by atoms with Gasteiger partial charge in [-0.2, -0.15) is 0 Å². The van der Waals surface area contributed by atoms with Crippen LogP contribution in [0.25, 0.3) is 0 Å². The van der Waals surface area contributed by atoms with Crippen LogP contribution in [0.15, 0.2) is 18.2 Å². The van der Waals surface area contributed by atoms with E-state index in [1.54, 1.807) is 0 Å². The Hall–Kier alpha value is -1.30. The molecule has 0 aliphatic carbocycles. The van der Waals surface area contributed by atoms with Gasteiger partial charge in [0.15, 0.2) is 0 Å². The molecule has 1 saturated heterocycles. The van der Waals surface area contributed by atoms with Gasteiger partial charge in [0.25, 0.3) is 0 Å². The molecule has 1 amide bonds. The summed E-state index contributed by atoms with van der Waals surface area (Å²) in [5.41, 5.74) is -1.26. The second-order valence-corrected chi connectivity index (χ2v) is 6.27. The summed E-state index contributed by atoms with van der Waals surface area (Å²) in [6.45, 7) is -0.574. The molecule has 1 aliphatic heterocycles. The molecule has 0 unspecified atom stereocenters. The first-order chi connectivity index (χ1) is 11.3. The fourth-order valence-corrected chi connectivity index (χ4v) is 3.11. The third kappa shape index (κ3) is 4.41. The largest absolute Gasteiger partial charge is 0.394 e. The lowest BCUT2D eigenvalue weighted by Crippen LogP contribution is -2.57. The number of benzene rings is 1. The topological polar surface area (TPSA) is 119 Å². The molecule has 0 spiro atoms. The molecule has 7 nitrogen and oxygen atoms in total. The number of anilines is 1. The molecule has 134 valence electrons. The van der Waals surface area contributed by atoms with Crippen molar-refractivity contribution in [2.24, 2.45) is 0 Å². The Labute approximate surface area is 140 Å². The van der Waals surface area contributed by atoms with E-state index in [9.17, 15) is 28.9 Å². The van der Waals surface area contributed by atoms with E-state index in [4.69, 9.17) is 9.84 Å². The Morgan fingerprint density at radius 2 is 1.92 bits per heavy atom. The lowest BCUT2D eigenvalue weighted by atomic mass is 10.0. The summed E-state index contributed by atoms with van der Waals surface area (Å²) in [6.07, 6.45) is -5.56. The summed E-state index contributed by atoms with van der Waals surface area (Å²) in [7, 11) is 0. The van der Waals surface area contributed by atoms with Crippen molar-refractivity contribution in [2.75, 3.05) is 17.7 Å². The quantitative estimate of drug-likeness (QED) is 0.474. The standard InChI is InChI=1S/C14H17F2NO6S/c15-6-1-2-8(7(16)3-6)17-10(19)5-24-14-13(22)12(21)11(20)9(4-18)23-14/h1-3,9,11-14,18,20-22H,4-5H2,(H,17,19)/t9-,11-,12+,13-,14+/m0/s1. The van der Waals surface area contributed by atoms with Crippen molar-refractivity contribution in [3.63, 3.8) is 0 Å². The molecule has 0 saturated carbocycles. The summed E-state index contributed by atoms with van der Waals surface area (Å²) in [6, 6.07) is 2.69.